The van der Waals surface area contributed by atoms with Crippen LogP contribution >= 0.6 is 0 Å². The van der Waals surface area contributed by atoms with Gasteiger partial charge in [0.2, 0.25) is 11.8 Å². The maximum absolute atomic E-state index is 12.5. The quantitative estimate of drug-likeness (QED) is 0.549. The largest absolute Gasteiger partial charge is 0.491 e. The lowest BCUT2D eigenvalue weighted by molar-refractivity contribution is -0.141. The van der Waals surface area contributed by atoms with Crippen molar-refractivity contribution in [1.29, 1.82) is 0 Å². The van der Waals surface area contributed by atoms with Crippen LogP contribution in [0.15, 0.2) is 66.7 Å². The lowest BCUT2D eigenvalue weighted by Gasteiger charge is -2.26. The number of aliphatic hydroxyl groups is 1. The number of benzene rings is 2. The second-order valence-corrected chi connectivity index (χ2v) is 8.92. The van der Waals surface area contributed by atoms with Crippen molar-refractivity contribution in [3.8, 4) is 5.75 Å². The van der Waals surface area contributed by atoms with Crippen LogP contribution < -0.4 is 4.74 Å². The van der Waals surface area contributed by atoms with Crippen molar-refractivity contribution in [2.45, 2.75) is 38.2 Å². The molecule has 5 heteroatoms. The molecule has 2 aliphatic rings. The van der Waals surface area contributed by atoms with Crippen LogP contribution in [0.2, 0.25) is 0 Å². The monoisotopic (exact) mass is 419 g/mol. The Balaban J connectivity index is 1.33. The van der Waals surface area contributed by atoms with Gasteiger partial charge in [0.1, 0.15) is 18.5 Å². The van der Waals surface area contributed by atoms with Crippen molar-refractivity contribution in [2.24, 2.45) is 11.8 Å². The average Bonchev–Trinajstić information content (AvgIpc) is 3.03. The predicted octanol–water partition coefficient (Wildman–Crippen LogP) is 3.70. The molecule has 2 amide bonds. The first-order chi connectivity index (χ1) is 14.9. The lowest BCUT2D eigenvalue weighted by Crippen LogP contribution is -2.40. The van der Waals surface area contributed by atoms with Crippen molar-refractivity contribution in [1.82, 2.24) is 4.90 Å². The van der Waals surface area contributed by atoms with Gasteiger partial charge in [-0.2, -0.15) is 0 Å². The third-order valence-electron chi connectivity index (χ3n) is 6.51. The zero-order chi connectivity index (χ0) is 22.0. The van der Waals surface area contributed by atoms with Crippen molar-refractivity contribution < 1.29 is 19.4 Å². The summed E-state index contributed by atoms with van der Waals surface area (Å²) in [4.78, 5) is 26.3. The zero-order valence-electron chi connectivity index (χ0n) is 18.0. The van der Waals surface area contributed by atoms with Gasteiger partial charge in [0.25, 0.3) is 0 Å². The molecule has 2 aromatic carbocycles. The van der Waals surface area contributed by atoms with Crippen LogP contribution in [0.5, 0.6) is 5.75 Å². The van der Waals surface area contributed by atoms with E-state index < -0.39 is 6.10 Å². The first-order valence-electron chi connectivity index (χ1n) is 10.8. The predicted molar refractivity (Wildman–Crippen MR) is 119 cm³/mol. The van der Waals surface area contributed by atoms with Crippen LogP contribution in [0.1, 0.15) is 37.8 Å². The molecule has 3 atom stereocenters. The molecule has 0 saturated carbocycles. The number of ether oxygens (including phenoxy) is 1. The fourth-order valence-corrected chi connectivity index (χ4v) is 4.49. The van der Waals surface area contributed by atoms with Crippen molar-refractivity contribution in [3.63, 3.8) is 0 Å². The highest BCUT2D eigenvalue weighted by atomic mass is 16.5. The van der Waals surface area contributed by atoms with E-state index in [1.54, 1.807) is 0 Å². The molecule has 31 heavy (non-hydrogen) atoms. The fraction of sp³-hybridized carbons (Fsp3) is 0.385. The second kappa shape index (κ2) is 8.67. The van der Waals surface area contributed by atoms with Gasteiger partial charge in [-0.25, -0.2) is 0 Å². The molecule has 3 unspecified atom stereocenters. The van der Waals surface area contributed by atoms with Gasteiger partial charge in [0.15, 0.2) is 0 Å². The molecule has 1 N–H and O–H groups in total. The van der Waals surface area contributed by atoms with Gasteiger partial charge in [-0.1, -0.05) is 68.5 Å². The van der Waals surface area contributed by atoms with Crippen LogP contribution in [0.3, 0.4) is 0 Å². The molecule has 1 saturated heterocycles. The average molecular weight is 420 g/mol. The smallest absolute Gasteiger partial charge is 0.233 e. The van der Waals surface area contributed by atoms with E-state index in [-0.39, 0.29) is 42.2 Å². The number of fused-ring (bicyclic) bond motifs is 1. The van der Waals surface area contributed by atoms with Crippen LogP contribution in [0.25, 0.3) is 0 Å². The number of hydrogen-bond acceptors (Lipinski definition) is 4. The third-order valence-corrected chi connectivity index (χ3v) is 6.51. The van der Waals surface area contributed by atoms with Gasteiger partial charge in [-0.05, 0) is 36.1 Å². The van der Waals surface area contributed by atoms with Crippen LogP contribution in [-0.4, -0.2) is 41.1 Å². The minimum Gasteiger partial charge on any atom is -0.491 e. The molecule has 1 heterocycles. The highest BCUT2D eigenvalue weighted by Crippen LogP contribution is 2.35. The number of imide groups is 1. The van der Waals surface area contributed by atoms with Crippen molar-refractivity contribution >= 4 is 11.8 Å². The summed E-state index contributed by atoms with van der Waals surface area (Å²) in [5.74, 6) is -0.252. The standard InChI is InChI=1S/C26H29NO4/c1-26(2,18-8-4-3-5-9-18)19-12-14-21(15-13-19)31-17-20(28)16-27-24(29)22-10-6-7-11-23(22)25(27)30/h3-9,12-15,20,22-23,28H,10-11,16-17H2,1-2H3. The number of carbonyl (C=O) groups excluding carboxylic acids is 2. The van der Waals surface area contributed by atoms with E-state index in [0.717, 1.165) is 5.56 Å². The molecule has 2 aromatic rings. The number of rotatable bonds is 7. The normalized spacial score (nSPS) is 21.8. The number of aliphatic hydroxyl groups excluding tert-OH is 1. The van der Waals surface area contributed by atoms with Gasteiger partial charge in [-0.3, -0.25) is 14.5 Å². The summed E-state index contributed by atoms with van der Waals surface area (Å²) in [6.07, 6.45) is 4.19. The molecule has 162 valence electrons. The van der Waals surface area contributed by atoms with Crippen LogP contribution in [0.4, 0.5) is 0 Å². The Bertz CT molecular complexity index is 939. The molecular formula is C26H29NO4. The number of likely N-dealkylation sites (tertiary alicyclic amines) is 1. The lowest BCUT2D eigenvalue weighted by atomic mass is 9.78. The minimum atomic E-state index is -0.929. The summed E-state index contributed by atoms with van der Waals surface area (Å²) >= 11 is 0. The van der Waals surface area contributed by atoms with E-state index >= 15 is 0 Å². The Hall–Kier alpha value is -2.92. The summed E-state index contributed by atoms with van der Waals surface area (Å²) in [5.41, 5.74) is 2.26. The molecule has 0 radical (unpaired) electrons. The Labute approximate surface area is 183 Å². The number of nitrogens with zero attached hydrogens (tertiary/aromatic N) is 1. The molecule has 1 fully saturated rings. The maximum atomic E-state index is 12.5. The van der Waals surface area contributed by atoms with Crippen molar-refractivity contribution in [3.05, 3.63) is 77.9 Å². The first kappa shape index (κ1) is 21.3. The van der Waals surface area contributed by atoms with E-state index in [4.69, 9.17) is 4.74 Å². The summed E-state index contributed by atoms with van der Waals surface area (Å²) in [5, 5.41) is 10.4. The summed E-state index contributed by atoms with van der Waals surface area (Å²) in [6, 6.07) is 18.2. The highest BCUT2D eigenvalue weighted by Gasteiger charge is 2.47. The second-order valence-electron chi connectivity index (χ2n) is 8.92. The van der Waals surface area contributed by atoms with Crippen LogP contribution in [-0.2, 0) is 15.0 Å². The van der Waals surface area contributed by atoms with Gasteiger partial charge in [-0.15, -0.1) is 0 Å². The Morgan fingerprint density at radius 1 is 0.935 bits per heavy atom. The molecule has 0 spiro atoms. The summed E-state index contributed by atoms with van der Waals surface area (Å²) in [6.45, 7) is 4.36. The van der Waals surface area contributed by atoms with E-state index in [9.17, 15) is 14.7 Å². The van der Waals surface area contributed by atoms with Gasteiger partial charge in [0, 0.05) is 5.41 Å². The Morgan fingerprint density at radius 3 is 2.06 bits per heavy atom. The summed E-state index contributed by atoms with van der Waals surface area (Å²) < 4.78 is 5.73. The molecule has 0 aromatic heterocycles. The van der Waals surface area contributed by atoms with Gasteiger partial charge in [0.05, 0.1) is 18.4 Å². The van der Waals surface area contributed by atoms with E-state index in [0.29, 0.717) is 18.6 Å². The number of hydrogen-bond donors (Lipinski definition) is 1. The Morgan fingerprint density at radius 2 is 1.48 bits per heavy atom. The van der Waals surface area contributed by atoms with Gasteiger partial charge < -0.3 is 9.84 Å². The first-order valence-corrected chi connectivity index (χ1v) is 10.8. The van der Waals surface area contributed by atoms with E-state index in [1.807, 2.05) is 54.6 Å². The summed E-state index contributed by atoms with van der Waals surface area (Å²) in [7, 11) is 0. The molecule has 5 nitrogen and oxygen atoms in total. The van der Waals surface area contributed by atoms with E-state index in [2.05, 4.69) is 26.0 Å². The minimum absolute atomic E-state index is 0.0199. The number of carbonyl (C=O) groups is 2. The molecular weight excluding hydrogens is 390 g/mol. The molecule has 4 rings (SSSR count). The fourth-order valence-electron chi connectivity index (χ4n) is 4.49. The van der Waals surface area contributed by atoms with Gasteiger partial charge >= 0.3 is 0 Å². The van der Waals surface area contributed by atoms with Crippen molar-refractivity contribution in [2.75, 3.05) is 13.2 Å². The van der Waals surface area contributed by atoms with E-state index in [1.165, 1.54) is 10.5 Å². The molecule has 1 aliphatic heterocycles. The third kappa shape index (κ3) is 4.28. The number of β-amino-alcohol motifs (C(OH)–C–C–N with tert-alkyl or cyclic N) is 1. The maximum Gasteiger partial charge on any atom is 0.233 e. The number of amides is 2. The zero-order valence-corrected chi connectivity index (χ0v) is 18.0. The molecule has 0 bridgehead atoms. The Kier molecular flexibility index (Phi) is 5.96. The number of allylic oxidation sites excluding steroid dienone is 2. The van der Waals surface area contributed by atoms with Crippen LogP contribution in [0, 0.1) is 11.8 Å². The highest BCUT2D eigenvalue weighted by molar-refractivity contribution is 6.05. The molecule has 1 aliphatic carbocycles. The topological polar surface area (TPSA) is 66.8 Å². The SMILES string of the molecule is CC(C)(c1ccccc1)c1ccc(OCC(O)CN2C(=O)C3CC=CCC3C2=O)cc1.